The van der Waals surface area contributed by atoms with E-state index in [9.17, 15) is 116 Å². The average molecular weight is 1110 g/mol. The van der Waals surface area contributed by atoms with Crippen molar-refractivity contribution in [3.8, 4) is 126 Å². The first-order valence-corrected chi connectivity index (χ1v) is 21.6. The summed E-state index contributed by atoms with van der Waals surface area (Å²) in [5, 5.41) is 188. The van der Waals surface area contributed by atoms with Gasteiger partial charge in [0.25, 0.3) is 0 Å². The molecule has 79 heavy (non-hydrogen) atoms. The Morgan fingerprint density at radius 2 is 0.911 bits per heavy atom. The lowest BCUT2D eigenvalue weighted by Gasteiger charge is -2.43. The first-order chi connectivity index (χ1) is 37.1. The van der Waals surface area contributed by atoms with Crippen LogP contribution >= 0.6 is 0 Å². The van der Waals surface area contributed by atoms with Crippen molar-refractivity contribution in [3.63, 3.8) is 0 Å². The highest BCUT2D eigenvalue weighted by Crippen LogP contribution is 2.55. The van der Waals surface area contributed by atoms with Gasteiger partial charge in [-0.25, -0.2) is 24.0 Å². The summed E-state index contributed by atoms with van der Waals surface area (Å²) in [7, 11) is 0. The van der Waals surface area contributed by atoms with Crippen LogP contribution in [-0.4, -0.2) is 159 Å². The lowest BCUT2D eigenvalue weighted by Crippen LogP contribution is -2.62. The van der Waals surface area contributed by atoms with Gasteiger partial charge in [-0.1, -0.05) is 0 Å². The van der Waals surface area contributed by atoms with Crippen LogP contribution in [0.5, 0.6) is 115 Å². The van der Waals surface area contributed by atoms with Gasteiger partial charge < -0.3 is 125 Å². The highest BCUT2D eigenvalue weighted by atomic mass is 16.7. The summed E-state index contributed by atoms with van der Waals surface area (Å²) in [6.07, 6.45) is -10.6. The molecule has 1 saturated heterocycles. The Labute approximate surface area is 434 Å². The minimum Gasteiger partial charge on any atom is -0.504 e. The molecule has 5 atom stereocenters. The molecule has 0 aromatic heterocycles. The van der Waals surface area contributed by atoms with Gasteiger partial charge in [-0.3, -0.25) is 4.79 Å². The molecular weight excluding hydrogens is 1070 g/mol. The van der Waals surface area contributed by atoms with Gasteiger partial charge >= 0.3 is 35.8 Å². The summed E-state index contributed by atoms with van der Waals surface area (Å²) in [5.74, 6) is -40.2. The van der Waals surface area contributed by atoms with E-state index in [2.05, 4.69) is 0 Å². The molecule has 412 valence electrons. The second kappa shape index (κ2) is 20.0. The molecule has 18 N–H and O–H groups in total. The molecule has 6 aromatic rings. The maximum atomic E-state index is 15.1. The highest BCUT2D eigenvalue weighted by molar-refractivity contribution is 6.08. The van der Waals surface area contributed by atoms with E-state index in [1.165, 1.54) is 0 Å². The normalized spacial score (nSPS) is 17.7. The van der Waals surface area contributed by atoms with Gasteiger partial charge in [0.1, 0.15) is 12.7 Å². The van der Waals surface area contributed by atoms with Crippen molar-refractivity contribution in [1.29, 1.82) is 0 Å². The number of aromatic carboxylic acids is 1. The van der Waals surface area contributed by atoms with Gasteiger partial charge in [0.15, 0.2) is 98.6 Å². The van der Waals surface area contributed by atoms with Crippen LogP contribution in [0.3, 0.4) is 0 Å². The van der Waals surface area contributed by atoms with Gasteiger partial charge in [-0.05, 0) is 48.5 Å². The van der Waals surface area contributed by atoms with Crippen LogP contribution < -0.4 is 9.47 Å². The van der Waals surface area contributed by atoms with Gasteiger partial charge in [-0.15, -0.1) is 0 Å². The number of hydrogen-bond acceptors (Lipinski definition) is 30. The van der Waals surface area contributed by atoms with Gasteiger partial charge in [0.05, 0.1) is 27.8 Å². The number of fused-ring (bicyclic) bond motifs is 4. The van der Waals surface area contributed by atoms with E-state index >= 15 is 4.79 Å². The Bertz CT molecular complexity index is 3580. The minimum absolute atomic E-state index is 0.291. The molecule has 6 aromatic carbocycles. The number of phenolic OH excluding ortho intramolecular Hbond substituents is 17. The van der Waals surface area contributed by atoms with Crippen molar-refractivity contribution in [1.82, 2.24) is 0 Å². The number of carbonyl (C=O) groups is 6. The number of carboxylic acid groups (broad SMARTS) is 1. The maximum absolute atomic E-state index is 15.1. The topological polar surface area (TPSA) is 531 Å². The third-order valence-electron chi connectivity index (χ3n) is 11.7. The third-order valence-corrected chi connectivity index (χ3v) is 11.7. The molecule has 0 aliphatic carbocycles. The van der Waals surface area contributed by atoms with E-state index in [0.29, 0.717) is 54.6 Å². The Morgan fingerprint density at radius 3 is 1.43 bits per heavy atom. The molecule has 31 nitrogen and oxygen atoms in total. The first kappa shape index (κ1) is 53.8. The number of ether oxygens (including phenoxy) is 7. The van der Waals surface area contributed by atoms with E-state index in [0.717, 1.165) is 0 Å². The molecule has 0 spiro atoms. The zero-order chi connectivity index (χ0) is 58.0. The maximum Gasteiger partial charge on any atom is 0.340 e. The summed E-state index contributed by atoms with van der Waals surface area (Å²) in [4.78, 5) is 83.8. The van der Waals surface area contributed by atoms with Crippen LogP contribution in [0, 0.1) is 5.92 Å². The van der Waals surface area contributed by atoms with Gasteiger partial charge in [0, 0.05) is 17.2 Å². The fraction of sp³-hybridized carbons (Fsp3) is 0.125. The number of rotatable bonds is 9. The summed E-state index contributed by atoms with van der Waals surface area (Å²) >= 11 is 0. The lowest BCUT2D eigenvalue weighted by molar-refractivity contribution is -0.265. The molecule has 0 bridgehead atoms. The molecule has 8 rings (SSSR count). The molecule has 2 aliphatic heterocycles. The minimum atomic E-state index is -2.85. The lowest BCUT2D eigenvalue weighted by atomic mass is 9.89. The second-order valence-electron chi connectivity index (χ2n) is 16.7. The van der Waals surface area contributed by atoms with Crippen molar-refractivity contribution in [2.24, 2.45) is 5.92 Å². The number of esters is 5. The molecule has 0 saturated carbocycles. The molecular formula is C48H34O31. The molecule has 31 heteroatoms. The number of cyclic esters (lactones) is 1. The highest BCUT2D eigenvalue weighted by Gasteiger charge is 2.57. The summed E-state index contributed by atoms with van der Waals surface area (Å²) in [6.45, 7) is -1.40. The number of phenols is 17. The van der Waals surface area contributed by atoms with Crippen molar-refractivity contribution in [2.75, 3.05) is 6.61 Å². The Hall–Kier alpha value is -11.5. The van der Waals surface area contributed by atoms with Crippen LogP contribution in [-0.2, 0) is 28.5 Å². The smallest absolute Gasteiger partial charge is 0.340 e. The van der Waals surface area contributed by atoms with Crippen molar-refractivity contribution >= 4 is 35.8 Å². The van der Waals surface area contributed by atoms with E-state index in [-0.39, 0.29) is 0 Å². The molecule has 0 radical (unpaired) electrons. The SMILES string of the molecule is O=C(O)c1cc(O)c(O)c(Oc2c(OC(=O)C3C(OC(=O)c4cc(O)c(O)c(O)c4)OC4COC(=O)c5cc(O)c(O)c(O)c5-c5c(cc(O)c(O)c5O)C(=O)OC4C3OC(=O)c3cc(O)c(O)c(O)c3)cc(O)c(O)c2O)c1. The van der Waals surface area contributed by atoms with Crippen LogP contribution in [0.15, 0.2) is 54.6 Å². The van der Waals surface area contributed by atoms with Crippen LogP contribution in [0.2, 0.25) is 0 Å². The van der Waals surface area contributed by atoms with Crippen molar-refractivity contribution in [2.45, 2.75) is 24.6 Å². The van der Waals surface area contributed by atoms with E-state index in [1.807, 2.05) is 0 Å². The Kier molecular flexibility index (Phi) is 13.6. The largest absolute Gasteiger partial charge is 0.504 e. The van der Waals surface area contributed by atoms with Gasteiger partial charge in [-0.2, -0.15) is 0 Å². The van der Waals surface area contributed by atoms with Crippen molar-refractivity contribution < 1.29 is 154 Å². The van der Waals surface area contributed by atoms with Crippen molar-refractivity contribution in [3.05, 3.63) is 82.4 Å². The summed E-state index contributed by atoms with van der Waals surface area (Å²) in [5.41, 5.74) is -7.22. The van der Waals surface area contributed by atoms with Crippen LogP contribution in [0.4, 0.5) is 0 Å². The fourth-order valence-electron chi connectivity index (χ4n) is 7.88. The summed E-state index contributed by atoms with van der Waals surface area (Å²) < 4.78 is 38.9. The number of carbonyl (C=O) groups excluding carboxylic acids is 5. The quantitative estimate of drug-likeness (QED) is 0.0428. The monoisotopic (exact) mass is 1110 g/mol. The van der Waals surface area contributed by atoms with Gasteiger partial charge in [0.2, 0.25) is 40.8 Å². The predicted molar refractivity (Wildman–Crippen MR) is 245 cm³/mol. The summed E-state index contributed by atoms with van der Waals surface area (Å²) in [6, 6.07) is 3.96. The molecule has 5 unspecified atom stereocenters. The molecule has 1 fully saturated rings. The average Bonchev–Trinajstić information content (AvgIpc) is 3.56. The zero-order valence-corrected chi connectivity index (χ0v) is 38.6. The second-order valence-corrected chi connectivity index (χ2v) is 16.7. The van der Waals surface area contributed by atoms with E-state index < -0.39 is 227 Å². The van der Waals surface area contributed by atoms with Crippen LogP contribution in [0.25, 0.3) is 11.1 Å². The number of hydrogen-bond donors (Lipinski definition) is 18. The van der Waals surface area contributed by atoms with E-state index in [1.54, 1.807) is 0 Å². The number of benzene rings is 6. The zero-order valence-electron chi connectivity index (χ0n) is 38.6. The van der Waals surface area contributed by atoms with Crippen LogP contribution in [0.1, 0.15) is 51.8 Å². The standard InChI is InChI=1S/C48H34O31/c49-16-2-12(3-17(50)30(16)57)43(68)78-41-29(47(72)75-25-9-23(56)35(62)38(65)39(25)74-24-6-11(42(66)67)1-20(53)32(24)59)48(79-44(69)13-4-18(51)31(58)19(52)5-13)76-26-10-73-45(70)14-7-21(54)33(60)36(63)27(14)28-15(46(71)77-40(26)41)8-22(55)34(61)37(28)64/h1-9,26,29,40-41,48-65H,10H2,(H,66,67). The first-order valence-electron chi connectivity index (χ1n) is 21.6. The number of aromatic hydroxyl groups is 17. The van der Waals surface area contributed by atoms with E-state index in [4.69, 9.17) is 33.2 Å². The number of carboxylic acids is 1. The Balaban J connectivity index is 1.35. The molecule has 0 amide bonds. The molecule has 2 aliphatic rings. The predicted octanol–water partition coefficient (Wildman–Crippen LogP) is 2.56. The fourth-order valence-corrected chi connectivity index (χ4v) is 7.88. The molecule has 2 heterocycles. The third kappa shape index (κ3) is 9.63. The Morgan fingerprint density at radius 1 is 0.468 bits per heavy atom.